The Bertz CT molecular complexity index is 389. The number of benzene rings is 1. The molecular weight excluding hydrogens is 247 g/mol. The molecule has 1 saturated heterocycles. The van der Waals surface area contributed by atoms with Gasteiger partial charge in [0.2, 0.25) is 0 Å². The molecule has 1 fully saturated rings. The second-order valence-corrected chi connectivity index (χ2v) is 4.08. The van der Waals surface area contributed by atoms with Crippen molar-refractivity contribution in [2.24, 2.45) is 0 Å². The van der Waals surface area contributed by atoms with Crippen LogP contribution in [0, 0.1) is 0 Å². The quantitative estimate of drug-likeness (QED) is 0.907. The van der Waals surface area contributed by atoms with Crippen LogP contribution in [0.5, 0.6) is 11.5 Å². The van der Waals surface area contributed by atoms with Crippen LogP contribution in [-0.4, -0.2) is 25.6 Å². The zero-order valence-corrected chi connectivity index (χ0v) is 9.67. The van der Waals surface area contributed by atoms with Crippen molar-refractivity contribution in [3.63, 3.8) is 0 Å². The zero-order valence-electron chi connectivity index (χ0n) is 9.67. The third-order valence-electron chi connectivity index (χ3n) is 2.62. The van der Waals surface area contributed by atoms with Gasteiger partial charge in [-0.2, -0.15) is 0 Å². The lowest BCUT2D eigenvalue weighted by atomic mass is 10.1. The second-order valence-electron chi connectivity index (χ2n) is 4.08. The lowest BCUT2D eigenvalue weighted by Gasteiger charge is -2.25. The van der Waals surface area contributed by atoms with Gasteiger partial charge in [0.05, 0.1) is 0 Å². The molecule has 0 aromatic heterocycles. The average molecular weight is 261 g/mol. The van der Waals surface area contributed by atoms with Gasteiger partial charge in [-0.25, -0.2) is 0 Å². The summed E-state index contributed by atoms with van der Waals surface area (Å²) in [6, 6.07) is 5.83. The Balaban J connectivity index is 2.06. The summed E-state index contributed by atoms with van der Waals surface area (Å²) >= 11 is 0. The van der Waals surface area contributed by atoms with E-state index in [1.165, 1.54) is 18.2 Å². The fourth-order valence-electron chi connectivity index (χ4n) is 1.86. The fraction of sp³-hybridized carbons (Fsp3) is 0.500. The third-order valence-corrected chi connectivity index (χ3v) is 2.62. The zero-order chi connectivity index (χ0) is 13.0. The van der Waals surface area contributed by atoms with Gasteiger partial charge in [0.1, 0.15) is 6.10 Å². The first-order chi connectivity index (χ1) is 8.54. The number of para-hydroxylation sites is 2. The van der Waals surface area contributed by atoms with E-state index in [1.54, 1.807) is 6.07 Å². The highest BCUT2D eigenvalue weighted by Gasteiger charge is 2.32. The first kappa shape index (κ1) is 13.0. The highest BCUT2D eigenvalue weighted by atomic mass is 19.4. The first-order valence-corrected chi connectivity index (χ1v) is 5.77. The summed E-state index contributed by atoms with van der Waals surface area (Å²) in [6.07, 6.45) is -3.04. The number of ether oxygens (including phenoxy) is 2. The maximum Gasteiger partial charge on any atom is 0.573 e. The van der Waals surface area contributed by atoms with Crippen molar-refractivity contribution in [1.82, 2.24) is 5.32 Å². The minimum Gasteiger partial charge on any atom is -0.485 e. The smallest absolute Gasteiger partial charge is 0.485 e. The molecule has 6 heteroatoms. The van der Waals surface area contributed by atoms with E-state index < -0.39 is 6.36 Å². The van der Waals surface area contributed by atoms with Gasteiger partial charge < -0.3 is 14.8 Å². The van der Waals surface area contributed by atoms with Crippen LogP contribution in [0.1, 0.15) is 12.8 Å². The molecule has 0 amide bonds. The summed E-state index contributed by atoms with van der Waals surface area (Å²) in [4.78, 5) is 0. The van der Waals surface area contributed by atoms with Gasteiger partial charge in [-0.05, 0) is 31.5 Å². The Labute approximate surface area is 103 Å². The molecule has 0 aliphatic carbocycles. The molecule has 0 saturated carbocycles. The highest BCUT2D eigenvalue weighted by Crippen LogP contribution is 2.32. The van der Waals surface area contributed by atoms with Crippen LogP contribution in [0.3, 0.4) is 0 Å². The Morgan fingerprint density at radius 1 is 1.17 bits per heavy atom. The van der Waals surface area contributed by atoms with Crippen molar-refractivity contribution in [3.8, 4) is 11.5 Å². The minimum absolute atomic E-state index is 0.114. The Hall–Kier alpha value is -1.43. The van der Waals surface area contributed by atoms with E-state index in [1.807, 2.05) is 0 Å². The van der Waals surface area contributed by atoms with E-state index in [0.717, 1.165) is 19.4 Å². The van der Waals surface area contributed by atoms with Gasteiger partial charge in [-0.3, -0.25) is 0 Å². The van der Waals surface area contributed by atoms with Gasteiger partial charge in [0, 0.05) is 6.54 Å². The van der Waals surface area contributed by atoms with Gasteiger partial charge in [0.25, 0.3) is 0 Å². The molecule has 1 aromatic rings. The molecule has 2 rings (SSSR count). The Kier molecular flexibility index (Phi) is 3.96. The summed E-state index contributed by atoms with van der Waals surface area (Å²) in [6.45, 7) is 1.56. The van der Waals surface area contributed by atoms with Crippen molar-refractivity contribution in [2.45, 2.75) is 25.3 Å². The standard InChI is InChI=1S/C12H14F3NO2/c13-12(14,15)18-11-6-2-1-5-10(11)17-9-4-3-7-16-8-9/h1-2,5-6,9,16H,3-4,7-8H2/t9-/m1/s1. The predicted octanol–water partition coefficient (Wildman–Crippen LogP) is 2.72. The number of hydrogen-bond donors (Lipinski definition) is 1. The molecule has 0 bridgehead atoms. The molecule has 1 aliphatic rings. The summed E-state index contributed by atoms with van der Waals surface area (Å²) < 4.78 is 46.1. The van der Waals surface area contributed by atoms with Crippen molar-refractivity contribution in [3.05, 3.63) is 24.3 Å². The third kappa shape index (κ3) is 3.80. The van der Waals surface area contributed by atoms with Crippen LogP contribution in [-0.2, 0) is 0 Å². The molecule has 100 valence electrons. The number of nitrogens with one attached hydrogen (secondary N) is 1. The number of hydrogen-bond acceptors (Lipinski definition) is 3. The maximum absolute atomic E-state index is 12.2. The summed E-state index contributed by atoms with van der Waals surface area (Å²) in [5.74, 6) is -0.168. The number of alkyl halides is 3. The monoisotopic (exact) mass is 261 g/mol. The van der Waals surface area contributed by atoms with E-state index in [4.69, 9.17) is 4.74 Å². The van der Waals surface area contributed by atoms with Gasteiger partial charge in [-0.15, -0.1) is 13.2 Å². The van der Waals surface area contributed by atoms with E-state index in [9.17, 15) is 13.2 Å². The topological polar surface area (TPSA) is 30.5 Å². The highest BCUT2D eigenvalue weighted by molar-refractivity contribution is 5.39. The average Bonchev–Trinajstić information content (AvgIpc) is 2.31. The molecule has 0 radical (unpaired) electrons. The normalized spacial score (nSPS) is 20.5. The molecule has 0 unspecified atom stereocenters. The maximum atomic E-state index is 12.2. The number of halogens is 3. The molecule has 1 heterocycles. The van der Waals surface area contributed by atoms with Gasteiger partial charge in [0.15, 0.2) is 11.5 Å². The molecule has 1 atom stereocenters. The molecule has 3 nitrogen and oxygen atoms in total. The van der Waals surface area contributed by atoms with E-state index in [2.05, 4.69) is 10.1 Å². The van der Waals surface area contributed by atoms with Crippen molar-refractivity contribution in [1.29, 1.82) is 0 Å². The van der Waals surface area contributed by atoms with Crippen molar-refractivity contribution >= 4 is 0 Å². The largest absolute Gasteiger partial charge is 0.573 e. The molecule has 0 spiro atoms. The molecule has 1 N–H and O–H groups in total. The van der Waals surface area contributed by atoms with Crippen LogP contribution < -0.4 is 14.8 Å². The SMILES string of the molecule is FC(F)(F)Oc1ccccc1O[C@@H]1CCCNC1. The lowest BCUT2D eigenvalue weighted by molar-refractivity contribution is -0.275. The van der Waals surface area contributed by atoms with Crippen LogP contribution in [0.2, 0.25) is 0 Å². The number of rotatable bonds is 3. The Morgan fingerprint density at radius 3 is 2.50 bits per heavy atom. The molecular formula is C12H14F3NO2. The molecule has 1 aliphatic heterocycles. The summed E-state index contributed by atoms with van der Waals surface area (Å²) in [5, 5.41) is 3.13. The number of piperidine rings is 1. The minimum atomic E-state index is -4.70. The van der Waals surface area contributed by atoms with Gasteiger partial charge in [-0.1, -0.05) is 12.1 Å². The van der Waals surface area contributed by atoms with Crippen LogP contribution in [0.15, 0.2) is 24.3 Å². The van der Waals surface area contributed by atoms with E-state index >= 15 is 0 Å². The van der Waals surface area contributed by atoms with Crippen LogP contribution >= 0.6 is 0 Å². The van der Waals surface area contributed by atoms with E-state index in [-0.39, 0.29) is 17.6 Å². The van der Waals surface area contributed by atoms with Crippen LogP contribution in [0.25, 0.3) is 0 Å². The van der Waals surface area contributed by atoms with Crippen molar-refractivity contribution < 1.29 is 22.6 Å². The van der Waals surface area contributed by atoms with Crippen molar-refractivity contribution in [2.75, 3.05) is 13.1 Å². The molecule has 1 aromatic carbocycles. The van der Waals surface area contributed by atoms with Gasteiger partial charge >= 0.3 is 6.36 Å². The molecule has 18 heavy (non-hydrogen) atoms. The summed E-state index contributed by atoms with van der Waals surface area (Å²) in [7, 11) is 0. The predicted molar refractivity (Wildman–Crippen MR) is 59.6 cm³/mol. The first-order valence-electron chi connectivity index (χ1n) is 5.77. The van der Waals surface area contributed by atoms with E-state index in [0.29, 0.717) is 6.54 Å². The fourth-order valence-corrected chi connectivity index (χ4v) is 1.86. The van der Waals surface area contributed by atoms with Crippen LogP contribution in [0.4, 0.5) is 13.2 Å². The second kappa shape index (κ2) is 5.48. The Morgan fingerprint density at radius 2 is 1.89 bits per heavy atom. The lowest BCUT2D eigenvalue weighted by Crippen LogP contribution is -2.37. The summed E-state index contributed by atoms with van der Waals surface area (Å²) in [5.41, 5.74) is 0.